The van der Waals surface area contributed by atoms with Crippen molar-refractivity contribution in [3.63, 3.8) is 0 Å². The van der Waals surface area contributed by atoms with Crippen molar-refractivity contribution in [3.8, 4) is 0 Å². The molecule has 1 aromatic rings. The van der Waals surface area contributed by atoms with Crippen LogP contribution < -0.4 is 5.73 Å². The molecule has 1 aromatic carbocycles. The Balaban J connectivity index is 2.73. The van der Waals surface area contributed by atoms with Crippen molar-refractivity contribution in [2.45, 2.75) is 40.2 Å². The van der Waals surface area contributed by atoms with Gasteiger partial charge < -0.3 is 10.6 Å². The highest BCUT2D eigenvalue weighted by Gasteiger charge is 2.29. The van der Waals surface area contributed by atoms with E-state index < -0.39 is 0 Å². The van der Waals surface area contributed by atoms with E-state index in [0.29, 0.717) is 0 Å². The second kappa shape index (κ2) is 6.91. The summed E-state index contributed by atoms with van der Waals surface area (Å²) in [5.41, 5.74) is 7.77. The highest BCUT2D eigenvalue weighted by atomic mass is 15.1. The predicted molar refractivity (Wildman–Crippen MR) is 79.6 cm³/mol. The van der Waals surface area contributed by atoms with Crippen molar-refractivity contribution < 1.29 is 0 Å². The van der Waals surface area contributed by atoms with Crippen LogP contribution in [0.4, 0.5) is 0 Å². The van der Waals surface area contributed by atoms with Crippen molar-refractivity contribution in [1.82, 2.24) is 4.90 Å². The summed E-state index contributed by atoms with van der Waals surface area (Å²) in [6.07, 6.45) is 1.20. The second-order valence-electron chi connectivity index (χ2n) is 5.75. The van der Waals surface area contributed by atoms with Gasteiger partial charge in [0.1, 0.15) is 0 Å². The highest BCUT2D eigenvalue weighted by molar-refractivity contribution is 5.20. The molecule has 0 fully saturated rings. The molecule has 0 spiro atoms. The number of nitrogens with two attached hydrogens (primary N) is 1. The van der Waals surface area contributed by atoms with Crippen molar-refractivity contribution in [2.75, 3.05) is 19.6 Å². The lowest BCUT2D eigenvalue weighted by atomic mass is 9.80. The summed E-state index contributed by atoms with van der Waals surface area (Å²) in [5, 5.41) is 0. The first-order chi connectivity index (χ1) is 8.51. The van der Waals surface area contributed by atoms with E-state index in [1.807, 2.05) is 6.07 Å². The third-order valence-electron chi connectivity index (χ3n) is 3.62. The molecular formula is C16H28N2. The summed E-state index contributed by atoms with van der Waals surface area (Å²) in [6, 6.07) is 10.5. The first kappa shape index (κ1) is 15.2. The van der Waals surface area contributed by atoms with Crippen LogP contribution in [0.1, 0.15) is 45.7 Å². The maximum atomic E-state index is 6.45. The largest absolute Gasteiger partial charge is 0.323 e. The molecule has 2 heteroatoms. The molecule has 18 heavy (non-hydrogen) atoms. The fourth-order valence-electron chi connectivity index (χ4n) is 2.45. The van der Waals surface area contributed by atoms with Crippen molar-refractivity contribution >= 4 is 0 Å². The van der Waals surface area contributed by atoms with Gasteiger partial charge in [0.15, 0.2) is 0 Å². The topological polar surface area (TPSA) is 29.3 Å². The first-order valence-electron chi connectivity index (χ1n) is 7.04. The van der Waals surface area contributed by atoms with Crippen LogP contribution in [0.25, 0.3) is 0 Å². The summed E-state index contributed by atoms with van der Waals surface area (Å²) in [4.78, 5) is 2.49. The van der Waals surface area contributed by atoms with Crippen LogP contribution in [-0.2, 0) is 0 Å². The lowest BCUT2D eigenvalue weighted by molar-refractivity contribution is 0.157. The van der Waals surface area contributed by atoms with Crippen LogP contribution in [0, 0.1) is 5.41 Å². The minimum Gasteiger partial charge on any atom is -0.323 e. The molecule has 0 saturated heterocycles. The standard InChI is InChI=1S/C16H28N2/c1-5-12-18(6-2)13-16(3,4)15(17)14-10-8-7-9-11-14/h7-11,15H,5-6,12-13,17H2,1-4H3. The molecule has 0 saturated carbocycles. The van der Waals surface area contributed by atoms with E-state index in [4.69, 9.17) is 5.73 Å². The van der Waals surface area contributed by atoms with Gasteiger partial charge in [-0.2, -0.15) is 0 Å². The average molecular weight is 248 g/mol. The number of hydrogen-bond donors (Lipinski definition) is 1. The maximum Gasteiger partial charge on any atom is 0.0359 e. The van der Waals surface area contributed by atoms with Crippen LogP contribution in [0.2, 0.25) is 0 Å². The molecule has 0 aliphatic heterocycles. The molecular weight excluding hydrogens is 220 g/mol. The number of rotatable bonds is 7. The van der Waals surface area contributed by atoms with Gasteiger partial charge in [-0.15, -0.1) is 0 Å². The van der Waals surface area contributed by atoms with Gasteiger partial charge >= 0.3 is 0 Å². The van der Waals surface area contributed by atoms with Gasteiger partial charge in [-0.1, -0.05) is 58.0 Å². The summed E-state index contributed by atoms with van der Waals surface area (Å²) in [5.74, 6) is 0. The van der Waals surface area contributed by atoms with Crippen molar-refractivity contribution in [3.05, 3.63) is 35.9 Å². The monoisotopic (exact) mass is 248 g/mol. The van der Waals surface area contributed by atoms with Gasteiger partial charge in [0.05, 0.1) is 0 Å². The average Bonchev–Trinajstić information content (AvgIpc) is 2.38. The molecule has 0 amide bonds. The molecule has 0 aromatic heterocycles. The zero-order valence-corrected chi connectivity index (χ0v) is 12.3. The van der Waals surface area contributed by atoms with Crippen molar-refractivity contribution in [1.29, 1.82) is 0 Å². The molecule has 1 rings (SSSR count). The van der Waals surface area contributed by atoms with E-state index in [1.54, 1.807) is 0 Å². The number of hydrogen-bond acceptors (Lipinski definition) is 2. The Morgan fingerprint density at radius 3 is 2.28 bits per heavy atom. The zero-order chi connectivity index (χ0) is 13.6. The summed E-state index contributed by atoms with van der Waals surface area (Å²) in [6.45, 7) is 12.3. The van der Waals surface area contributed by atoms with Gasteiger partial charge in [0.2, 0.25) is 0 Å². The molecule has 2 nitrogen and oxygen atoms in total. The Bertz CT molecular complexity index is 332. The molecule has 2 N–H and O–H groups in total. The van der Waals surface area contributed by atoms with E-state index >= 15 is 0 Å². The third kappa shape index (κ3) is 4.11. The Labute approximate surface area is 112 Å². The quantitative estimate of drug-likeness (QED) is 0.801. The second-order valence-corrected chi connectivity index (χ2v) is 5.75. The smallest absolute Gasteiger partial charge is 0.0359 e. The van der Waals surface area contributed by atoms with E-state index in [-0.39, 0.29) is 11.5 Å². The lowest BCUT2D eigenvalue weighted by Crippen LogP contribution is -2.41. The lowest BCUT2D eigenvalue weighted by Gasteiger charge is -2.36. The first-order valence-corrected chi connectivity index (χ1v) is 7.04. The Kier molecular flexibility index (Phi) is 5.83. The Morgan fingerprint density at radius 2 is 1.78 bits per heavy atom. The number of benzene rings is 1. The molecule has 0 aliphatic rings. The molecule has 0 bridgehead atoms. The van der Waals surface area contributed by atoms with E-state index in [9.17, 15) is 0 Å². The van der Waals surface area contributed by atoms with Crippen LogP contribution in [-0.4, -0.2) is 24.5 Å². The summed E-state index contributed by atoms with van der Waals surface area (Å²) < 4.78 is 0. The van der Waals surface area contributed by atoms with Gasteiger partial charge in [0.25, 0.3) is 0 Å². The van der Waals surface area contributed by atoms with E-state index in [0.717, 1.165) is 19.6 Å². The predicted octanol–water partition coefficient (Wildman–Crippen LogP) is 3.44. The zero-order valence-electron chi connectivity index (χ0n) is 12.3. The van der Waals surface area contributed by atoms with Gasteiger partial charge in [-0.05, 0) is 30.5 Å². The maximum absolute atomic E-state index is 6.45. The van der Waals surface area contributed by atoms with Gasteiger partial charge in [0, 0.05) is 12.6 Å². The Hall–Kier alpha value is -0.860. The Morgan fingerprint density at radius 1 is 1.17 bits per heavy atom. The fourth-order valence-corrected chi connectivity index (χ4v) is 2.45. The molecule has 1 unspecified atom stereocenters. The summed E-state index contributed by atoms with van der Waals surface area (Å²) >= 11 is 0. The molecule has 0 heterocycles. The molecule has 1 atom stereocenters. The highest BCUT2D eigenvalue weighted by Crippen LogP contribution is 2.32. The third-order valence-corrected chi connectivity index (χ3v) is 3.62. The van der Waals surface area contributed by atoms with E-state index in [2.05, 4.69) is 56.9 Å². The molecule has 0 radical (unpaired) electrons. The minimum atomic E-state index is 0.0876. The van der Waals surface area contributed by atoms with E-state index in [1.165, 1.54) is 12.0 Å². The fraction of sp³-hybridized carbons (Fsp3) is 0.625. The SMILES string of the molecule is CCCN(CC)CC(C)(C)C(N)c1ccccc1. The van der Waals surface area contributed by atoms with Crippen LogP contribution >= 0.6 is 0 Å². The molecule has 102 valence electrons. The van der Waals surface area contributed by atoms with Gasteiger partial charge in [-0.25, -0.2) is 0 Å². The van der Waals surface area contributed by atoms with Crippen molar-refractivity contribution in [2.24, 2.45) is 11.1 Å². The normalized spacial score (nSPS) is 13.9. The van der Waals surface area contributed by atoms with Crippen LogP contribution in [0.5, 0.6) is 0 Å². The number of nitrogens with zero attached hydrogens (tertiary/aromatic N) is 1. The molecule has 0 aliphatic carbocycles. The minimum absolute atomic E-state index is 0.0876. The van der Waals surface area contributed by atoms with Crippen LogP contribution in [0.15, 0.2) is 30.3 Å². The van der Waals surface area contributed by atoms with Gasteiger partial charge in [-0.3, -0.25) is 0 Å². The van der Waals surface area contributed by atoms with Crippen LogP contribution in [0.3, 0.4) is 0 Å². The summed E-state index contributed by atoms with van der Waals surface area (Å²) in [7, 11) is 0.